The number of aliphatic carboxylic acids is 1. The number of nitrogens with zero attached hydrogens (tertiary/aromatic N) is 2. The van der Waals surface area contributed by atoms with Crippen molar-refractivity contribution in [2.24, 2.45) is 0 Å². The molecule has 0 aliphatic rings. The number of rotatable bonds is 6. The van der Waals surface area contributed by atoms with E-state index in [4.69, 9.17) is 5.11 Å². The van der Waals surface area contributed by atoms with Crippen LogP contribution in [0.15, 0.2) is 54.9 Å². The van der Waals surface area contributed by atoms with E-state index < -0.39 is 5.97 Å². The Kier molecular flexibility index (Phi) is 5.23. The summed E-state index contributed by atoms with van der Waals surface area (Å²) in [6.07, 6.45) is 6.33. The molecule has 4 nitrogen and oxygen atoms in total. The molecule has 0 aliphatic carbocycles. The van der Waals surface area contributed by atoms with Gasteiger partial charge in [-0.3, -0.25) is 9.88 Å². The van der Waals surface area contributed by atoms with Crippen molar-refractivity contribution < 1.29 is 9.90 Å². The van der Waals surface area contributed by atoms with Crippen LogP contribution in [0.25, 0.3) is 6.08 Å². The van der Waals surface area contributed by atoms with Gasteiger partial charge in [0.15, 0.2) is 0 Å². The Bertz CT molecular complexity index is 606. The second kappa shape index (κ2) is 7.36. The average Bonchev–Trinajstić information content (AvgIpc) is 2.47. The summed E-state index contributed by atoms with van der Waals surface area (Å²) in [5.74, 6) is -0.934. The van der Waals surface area contributed by atoms with Crippen LogP contribution in [-0.2, 0) is 17.9 Å². The fourth-order valence-corrected chi connectivity index (χ4v) is 2.07. The van der Waals surface area contributed by atoms with Gasteiger partial charge >= 0.3 is 5.97 Å². The molecule has 0 bridgehead atoms. The number of pyridine rings is 1. The average molecular weight is 282 g/mol. The first-order chi connectivity index (χ1) is 10.1. The van der Waals surface area contributed by atoms with Crippen molar-refractivity contribution >= 4 is 12.0 Å². The van der Waals surface area contributed by atoms with Crippen LogP contribution in [0, 0.1) is 0 Å². The van der Waals surface area contributed by atoms with Crippen molar-refractivity contribution in [2.45, 2.75) is 13.1 Å². The lowest BCUT2D eigenvalue weighted by Gasteiger charge is -2.16. The van der Waals surface area contributed by atoms with Crippen molar-refractivity contribution in [3.05, 3.63) is 71.6 Å². The molecule has 2 aromatic rings. The van der Waals surface area contributed by atoms with Gasteiger partial charge in [0.25, 0.3) is 0 Å². The van der Waals surface area contributed by atoms with Crippen molar-refractivity contribution in [1.29, 1.82) is 0 Å². The van der Waals surface area contributed by atoms with Gasteiger partial charge < -0.3 is 5.11 Å². The van der Waals surface area contributed by atoms with E-state index in [1.807, 2.05) is 36.4 Å². The summed E-state index contributed by atoms with van der Waals surface area (Å²) in [6.45, 7) is 1.70. The topological polar surface area (TPSA) is 53.4 Å². The van der Waals surface area contributed by atoms with E-state index in [2.05, 4.69) is 16.9 Å². The maximum atomic E-state index is 10.5. The molecule has 2 rings (SSSR count). The molecule has 0 spiro atoms. The van der Waals surface area contributed by atoms with Crippen LogP contribution < -0.4 is 0 Å². The Hall–Kier alpha value is -2.46. The smallest absolute Gasteiger partial charge is 0.328 e. The first kappa shape index (κ1) is 14.9. The van der Waals surface area contributed by atoms with Gasteiger partial charge in [-0.2, -0.15) is 0 Å². The van der Waals surface area contributed by atoms with Crippen LogP contribution in [0.5, 0.6) is 0 Å². The van der Waals surface area contributed by atoms with Gasteiger partial charge in [0, 0.05) is 31.6 Å². The molecule has 1 aromatic heterocycles. The summed E-state index contributed by atoms with van der Waals surface area (Å²) < 4.78 is 0. The van der Waals surface area contributed by atoms with Gasteiger partial charge in [-0.05, 0) is 41.9 Å². The van der Waals surface area contributed by atoms with Crippen molar-refractivity contribution in [3.8, 4) is 0 Å². The van der Waals surface area contributed by atoms with Crippen LogP contribution in [0.4, 0.5) is 0 Å². The first-order valence-corrected chi connectivity index (χ1v) is 6.71. The Morgan fingerprint density at radius 3 is 2.24 bits per heavy atom. The molecule has 0 aliphatic heterocycles. The normalized spacial score (nSPS) is 11.1. The van der Waals surface area contributed by atoms with E-state index in [9.17, 15) is 4.79 Å². The lowest BCUT2D eigenvalue weighted by atomic mass is 10.1. The van der Waals surface area contributed by atoms with E-state index in [1.54, 1.807) is 18.5 Å². The van der Waals surface area contributed by atoms with Crippen LogP contribution in [-0.4, -0.2) is 28.0 Å². The van der Waals surface area contributed by atoms with E-state index in [-0.39, 0.29) is 0 Å². The van der Waals surface area contributed by atoms with E-state index >= 15 is 0 Å². The molecule has 0 amide bonds. The minimum absolute atomic E-state index is 0.839. The molecule has 0 unspecified atom stereocenters. The summed E-state index contributed by atoms with van der Waals surface area (Å²) in [7, 11) is 2.07. The van der Waals surface area contributed by atoms with Crippen molar-refractivity contribution in [2.75, 3.05) is 7.05 Å². The molecule has 1 N–H and O–H groups in total. The Balaban J connectivity index is 1.92. The third-order valence-electron chi connectivity index (χ3n) is 3.05. The second-order valence-electron chi connectivity index (χ2n) is 4.94. The molecule has 108 valence electrons. The van der Waals surface area contributed by atoms with Crippen LogP contribution in [0.3, 0.4) is 0 Å². The zero-order valence-electron chi connectivity index (χ0n) is 11.9. The first-order valence-electron chi connectivity index (χ1n) is 6.71. The molecule has 1 heterocycles. The highest BCUT2D eigenvalue weighted by Gasteiger charge is 2.01. The van der Waals surface area contributed by atoms with Crippen LogP contribution in [0.2, 0.25) is 0 Å². The van der Waals surface area contributed by atoms with Crippen LogP contribution in [0.1, 0.15) is 16.7 Å². The standard InChI is InChI=1S/C17H18N2O2/c1-19(13-16-8-10-18-11-9-16)12-15-4-2-14(3-5-15)6-7-17(20)21/h2-11H,12-13H2,1H3,(H,20,21). The number of carboxylic acids is 1. The largest absolute Gasteiger partial charge is 0.478 e. The van der Waals surface area contributed by atoms with Gasteiger partial charge in [0.2, 0.25) is 0 Å². The molecule has 0 saturated heterocycles. The highest BCUT2D eigenvalue weighted by molar-refractivity contribution is 5.85. The Morgan fingerprint density at radius 2 is 1.67 bits per heavy atom. The predicted octanol–water partition coefficient (Wildman–Crippen LogP) is 2.81. The Morgan fingerprint density at radius 1 is 1.10 bits per heavy atom. The van der Waals surface area contributed by atoms with Crippen molar-refractivity contribution in [1.82, 2.24) is 9.88 Å². The minimum Gasteiger partial charge on any atom is -0.478 e. The quantitative estimate of drug-likeness (QED) is 0.828. The number of hydrogen-bond donors (Lipinski definition) is 1. The Labute approximate surface area is 124 Å². The molecule has 0 radical (unpaired) electrons. The summed E-state index contributed by atoms with van der Waals surface area (Å²) in [5.41, 5.74) is 3.31. The zero-order chi connectivity index (χ0) is 15.1. The molecule has 1 aromatic carbocycles. The maximum absolute atomic E-state index is 10.5. The SMILES string of the molecule is CN(Cc1ccncc1)Cc1ccc(C=CC(=O)O)cc1. The molecular formula is C17H18N2O2. The molecular weight excluding hydrogens is 264 g/mol. The summed E-state index contributed by atoms with van der Waals surface area (Å²) in [5, 5.41) is 8.59. The highest BCUT2D eigenvalue weighted by atomic mass is 16.4. The molecule has 0 saturated carbocycles. The minimum atomic E-state index is -0.934. The number of carbonyl (C=O) groups is 1. The van der Waals surface area contributed by atoms with E-state index in [0.29, 0.717) is 0 Å². The number of benzene rings is 1. The molecule has 0 fully saturated rings. The monoisotopic (exact) mass is 282 g/mol. The second-order valence-corrected chi connectivity index (χ2v) is 4.94. The molecule has 0 atom stereocenters. The lowest BCUT2D eigenvalue weighted by molar-refractivity contribution is -0.131. The third-order valence-corrected chi connectivity index (χ3v) is 3.05. The molecule has 4 heteroatoms. The van der Waals surface area contributed by atoms with E-state index in [1.165, 1.54) is 11.1 Å². The third kappa shape index (κ3) is 5.20. The van der Waals surface area contributed by atoms with Crippen molar-refractivity contribution in [3.63, 3.8) is 0 Å². The lowest BCUT2D eigenvalue weighted by Crippen LogP contribution is -2.17. The fraction of sp³-hybridized carbons (Fsp3) is 0.176. The van der Waals surface area contributed by atoms with Gasteiger partial charge in [-0.15, -0.1) is 0 Å². The summed E-state index contributed by atoms with van der Waals surface area (Å²) in [4.78, 5) is 16.7. The predicted molar refractivity (Wildman–Crippen MR) is 82.5 cm³/mol. The number of aromatic nitrogens is 1. The summed E-state index contributed by atoms with van der Waals surface area (Å²) in [6, 6.07) is 11.9. The van der Waals surface area contributed by atoms with E-state index in [0.717, 1.165) is 24.7 Å². The zero-order valence-corrected chi connectivity index (χ0v) is 11.9. The fourth-order valence-electron chi connectivity index (χ4n) is 2.07. The van der Waals surface area contributed by atoms with Gasteiger partial charge in [0.05, 0.1) is 0 Å². The van der Waals surface area contributed by atoms with Gasteiger partial charge in [-0.1, -0.05) is 24.3 Å². The molecule has 21 heavy (non-hydrogen) atoms. The van der Waals surface area contributed by atoms with Crippen LogP contribution >= 0.6 is 0 Å². The number of carboxylic acid groups (broad SMARTS) is 1. The van der Waals surface area contributed by atoms with Gasteiger partial charge in [0.1, 0.15) is 0 Å². The maximum Gasteiger partial charge on any atom is 0.328 e. The highest BCUT2D eigenvalue weighted by Crippen LogP contribution is 2.10. The number of hydrogen-bond acceptors (Lipinski definition) is 3. The summed E-state index contributed by atoms with van der Waals surface area (Å²) >= 11 is 0. The van der Waals surface area contributed by atoms with Gasteiger partial charge in [-0.25, -0.2) is 4.79 Å².